The molecule has 1 aliphatic heterocycles. The molecule has 2 heterocycles. The Bertz CT molecular complexity index is 1040. The number of ether oxygens (including phenoxy) is 1. The van der Waals surface area contributed by atoms with Crippen LogP contribution in [0.25, 0.3) is 0 Å². The SMILES string of the molecule is CC(C)[C@H](NS(=O)(=O)c1ccccc1F)C(=O)OCC(=O)N1CCc2sccc2C1. The normalized spacial score (nSPS) is 15.0. The zero-order valence-electron chi connectivity index (χ0n) is 16.6. The molecular formula is C20H23FN2O5S2. The number of thiophene rings is 1. The monoisotopic (exact) mass is 454 g/mol. The van der Waals surface area contributed by atoms with Gasteiger partial charge in [0.25, 0.3) is 5.91 Å². The van der Waals surface area contributed by atoms with Crippen LogP contribution in [0.2, 0.25) is 0 Å². The molecule has 1 N–H and O–H groups in total. The average molecular weight is 455 g/mol. The van der Waals surface area contributed by atoms with Gasteiger partial charge in [-0.25, -0.2) is 12.8 Å². The molecule has 0 spiro atoms. The van der Waals surface area contributed by atoms with Gasteiger partial charge in [-0.2, -0.15) is 4.72 Å². The highest BCUT2D eigenvalue weighted by Gasteiger charge is 2.32. The van der Waals surface area contributed by atoms with E-state index in [1.807, 2.05) is 11.4 Å². The number of rotatable bonds is 7. The Labute approximate surface area is 178 Å². The first-order chi connectivity index (χ1) is 14.2. The number of hydrogen-bond acceptors (Lipinski definition) is 6. The summed E-state index contributed by atoms with van der Waals surface area (Å²) in [5.41, 5.74) is 1.09. The van der Waals surface area contributed by atoms with Crippen molar-refractivity contribution in [2.75, 3.05) is 13.2 Å². The Kier molecular flexibility index (Phi) is 6.89. The third-order valence-electron chi connectivity index (χ3n) is 4.83. The van der Waals surface area contributed by atoms with Gasteiger partial charge in [-0.3, -0.25) is 9.59 Å². The van der Waals surface area contributed by atoms with Crippen LogP contribution in [0.4, 0.5) is 4.39 Å². The predicted molar refractivity (Wildman–Crippen MR) is 110 cm³/mol. The number of amides is 1. The second-order valence-electron chi connectivity index (χ2n) is 7.32. The van der Waals surface area contributed by atoms with E-state index in [4.69, 9.17) is 4.74 Å². The number of sulfonamides is 1. The van der Waals surface area contributed by atoms with Crippen LogP contribution in [0, 0.1) is 11.7 Å². The molecule has 1 atom stereocenters. The van der Waals surface area contributed by atoms with E-state index < -0.39 is 45.3 Å². The van der Waals surface area contributed by atoms with Crippen LogP contribution in [0.5, 0.6) is 0 Å². The van der Waals surface area contributed by atoms with Crippen LogP contribution >= 0.6 is 11.3 Å². The molecule has 0 saturated heterocycles. The molecule has 162 valence electrons. The smallest absolute Gasteiger partial charge is 0.324 e. The van der Waals surface area contributed by atoms with E-state index in [1.54, 1.807) is 30.1 Å². The number of carbonyl (C=O) groups excluding carboxylic acids is 2. The highest BCUT2D eigenvalue weighted by atomic mass is 32.2. The average Bonchev–Trinajstić information content (AvgIpc) is 3.18. The molecule has 7 nitrogen and oxygen atoms in total. The van der Waals surface area contributed by atoms with Gasteiger partial charge in [0.2, 0.25) is 10.0 Å². The summed E-state index contributed by atoms with van der Waals surface area (Å²) in [6.07, 6.45) is 0.754. The van der Waals surface area contributed by atoms with Gasteiger partial charge >= 0.3 is 5.97 Å². The summed E-state index contributed by atoms with van der Waals surface area (Å²) >= 11 is 1.65. The lowest BCUT2D eigenvalue weighted by atomic mass is 10.1. The Morgan fingerprint density at radius 1 is 1.27 bits per heavy atom. The lowest BCUT2D eigenvalue weighted by Gasteiger charge is -2.27. The number of nitrogens with zero attached hydrogens (tertiary/aromatic N) is 1. The van der Waals surface area contributed by atoms with E-state index in [1.165, 1.54) is 17.0 Å². The van der Waals surface area contributed by atoms with Gasteiger partial charge < -0.3 is 9.64 Å². The summed E-state index contributed by atoms with van der Waals surface area (Å²) in [6, 6.07) is 5.60. The second-order valence-corrected chi connectivity index (χ2v) is 10.00. The first-order valence-electron chi connectivity index (χ1n) is 9.45. The Hall–Kier alpha value is -2.30. The summed E-state index contributed by atoms with van der Waals surface area (Å²) < 4.78 is 46.2. The zero-order chi connectivity index (χ0) is 21.9. The van der Waals surface area contributed by atoms with Crippen molar-refractivity contribution in [3.63, 3.8) is 0 Å². The molecule has 0 fully saturated rings. The van der Waals surface area contributed by atoms with Gasteiger partial charge in [-0.1, -0.05) is 26.0 Å². The van der Waals surface area contributed by atoms with E-state index in [2.05, 4.69) is 4.72 Å². The molecule has 1 aromatic heterocycles. The third-order valence-corrected chi connectivity index (χ3v) is 7.32. The van der Waals surface area contributed by atoms with Crippen molar-refractivity contribution >= 4 is 33.2 Å². The largest absolute Gasteiger partial charge is 0.454 e. The highest BCUT2D eigenvalue weighted by molar-refractivity contribution is 7.89. The fourth-order valence-electron chi connectivity index (χ4n) is 3.12. The minimum Gasteiger partial charge on any atom is -0.454 e. The number of benzene rings is 1. The second kappa shape index (κ2) is 9.23. The summed E-state index contributed by atoms with van der Waals surface area (Å²) in [7, 11) is -4.29. The number of fused-ring (bicyclic) bond motifs is 1. The lowest BCUT2D eigenvalue weighted by molar-refractivity contribution is -0.154. The standard InChI is InChI=1S/C20H23FN2O5S2/c1-13(2)19(22-30(26,27)17-6-4-3-5-15(17)21)20(25)28-12-18(24)23-9-7-16-14(11-23)8-10-29-16/h3-6,8,10,13,19,22H,7,9,11-12H2,1-2H3/t19-/m0/s1. The molecule has 1 aromatic carbocycles. The van der Waals surface area contributed by atoms with Gasteiger partial charge in [0.1, 0.15) is 16.8 Å². The summed E-state index contributed by atoms with van der Waals surface area (Å²) in [6.45, 7) is 3.77. The maximum atomic E-state index is 13.9. The quantitative estimate of drug-likeness (QED) is 0.648. The van der Waals surface area contributed by atoms with Crippen molar-refractivity contribution in [2.45, 2.75) is 37.8 Å². The van der Waals surface area contributed by atoms with Gasteiger partial charge in [-0.15, -0.1) is 11.3 Å². The van der Waals surface area contributed by atoms with Crippen molar-refractivity contribution in [3.05, 3.63) is 52.0 Å². The molecule has 1 aliphatic rings. The third kappa shape index (κ3) is 5.05. The lowest BCUT2D eigenvalue weighted by Crippen LogP contribution is -2.46. The minimum absolute atomic E-state index is 0.348. The number of nitrogens with one attached hydrogen (secondary N) is 1. The molecule has 0 aliphatic carbocycles. The van der Waals surface area contributed by atoms with Crippen molar-refractivity contribution in [1.29, 1.82) is 0 Å². The predicted octanol–water partition coefficient (Wildman–Crippen LogP) is 2.32. The fraction of sp³-hybridized carbons (Fsp3) is 0.400. The van der Waals surface area contributed by atoms with Crippen LogP contribution in [0.3, 0.4) is 0 Å². The Morgan fingerprint density at radius 2 is 2.00 bits per heavy atom. The molecule has 0 unspecified atom stereocenters. The van der Waals surface area contributed by atoms with Crippen molar-refractivity contribution in [3.8, 4) is 0 Å². The van der Waals surface area contributed by atoms with Crippen molar-refractivity contribution in [2.24, 2.45) is 5.92 Å². The van der Waals surface area contributed by atoms with E-state index in [0.29, 0.717) is 13.1 Å². The molecule has 0 saturated carbocycles. The molecule has 0 radical (unpaired) electrons. The van der Waals surface area contributed by atoms with Crippen LogP contribution < -0.4 is 4.72 Å². The number of carbonyl (C=O) groups is 2. The maximum absolute atomic E-state index is 13.9. The van der Waals surface area contributed by atoms with E-state index in [9.17, 15) is 22.4 Å². The van der Waals surface area contributed by atoms with Gasteiger partial charge in [-0.05, 0) is 41.5 Å². The molecule has 10 heteroatoms. The fourth-order valence-corrected chi connectivity index (χ4v) is 5.43. The summed E-state index contributed by atoms with van der Waals surface area (Å²) in [4.78, 5) is 27.3. The molecule has 2 aromatic rings. The van der Waals surface area contributed by atoms with E-state index >= 15 is 0 Å². The topological polar surface area (TPSA) is 92.8 Å². The summed E-state index contributed by atoms with van der Waals surface area (Å²) in [5, 5.41) is 1.98. The Morgan fingerprint density at radius 3 is 2.70 bits per heavy atom. The maximum Gasteiger partial charge on any atom is 0.324 e. The van der Waals surface area contributed by atoms with E-state index in [-0.39, 0.29) is 5.91 Å². The van der Waals surface area contributed by atoms with Crippen LogP contribution in [-0.4, -0.2) is 44.4 Å². The molecule has 1 amide bonds. The molecular weight excluding hydrogens is 431 g/mol. The van der Waals surface area contributed by atoms with Gasteiger partial charge in [0.15, 0.2) is 6.61 Å². The van der Waals surface area contributed by atoms with Gasteiger partial charge in [0.05, 0.1) is 0 Å². The van der Waals surface area contributed by atoms with Crippen molar-refractivity contribution in [1.82, 2.24) is 9.62 Å². The minimum atomic E-state index is -4.29. The molecule has 0 bridgehead atoms. The molecule has 30 heavy (non-hydrogen) atoms. The van der Waals surface area contributed by atoms with Crippen molar-refractivity contribution < 1.29 is 27.1 Å². The highest BCUT2D eigenvalue weighted by Crippen LogP contribution is 2.24. The number of hydrogen-bond donors (Lipinski definition) is 1. The number of esters is 1. The molecule has 3 rings (SSSR count). The summed E-state index contributed by atoms with van der Waals surface area (Å²) in [5.74, 6) is -2.63. The number of halogens is 1. The first kappa shape index (κ1) is 22.4. The van der Waals surface area contributed by atoms with Crippen LogP contribution in [-0.2, 0) is 37.3 Å². The van der Waals surface area contributed by atoms with Crippen LogP contribution in [0.15, 0.2) is 40.6 Å². The Balaban J connectivity index is 1.62. The first-order valence-corrected chi connectivity index (χ1v) is 11.8. The van der Waals surface area contributed by atoms with E-state index in [0.717, 1.165) is 24.1 Å². The zero-order valence-corrected chi connectivity index (χ0v) is 18.3. The van der Waals surface area contributed by atoms with Crippen LogP contribution in [0.1, 0.15) is 24.3 Å². The van der Waals surface area contributed by atoms with Gasteiger partial charge in [0, 0.05) is 18.0 Å².